The van der Waals surface area contributed by atoms with Crippen molar-refractivity contribution in [3.63, 3.8) is 0 Å². The number of H-pyrrole nitrogens is 1. The van der Waals surface area contributed by atoms with Gasteiger partial charge in [0.05, 0.1) is 24.5 Å². The summed E-state index contributed by atoms with van der Waals surface area (Å²) in [6.07, 6.45) is 4.80. The summed E-state index contributed by atoms with van der Waals surface area (Å²) in [5, 5.41) is 0. The predicted molar refractivity (Wildman–Crippen MR) is 81.4 cm³/mol. The summed E-state index contributed by atoms with van der Waals surface area (Å²) < 4.78 is 5.08. The Morgan fingerprint density at radius 1 is 1.30 bits per heavy atom. The third-order valence-electron chi connectivity index (χ3n) is 3.41. The van der Waals surface area contributed by atoms with Gasteiger partial charge >= 0.3 is 0 Å². The molecule has 1 unspecified atom stereocenters. The molecule has 2 aromatic rings. The number of hydrogen-bond acceptors (Lipinski definition) is 3. The Kier molecular flexibility index (Phi) is 5.32. The molecule has 4 nitrogen and oxygen atoms in total. The smallest absolute Gasteiger partial charge is 0.123 e. The Bertz CT molecular complexity index is 519. The molecular weight excluding hydrogens is 250 g/mol. The Morgan fingerprint density at radius 3 is 2.70 bits per heavy atom. The SMILES string of the molecule is CCCC(N)c1ncc(-c2ccc(CCOC)cc2)[nH]1. The first-order valence-corrected chi connectivity index (χ1v) is 7.13. The van der Waals surface area contributed by atoms with Gasteiger partial charge in [0.15, 0.2) is 0 Å². The molecule has 1 aromatic carbocycles. The minimum atomic E-state index is -0.00488. The zero-order chi connectivity index (χ0) is 14.4. The molecule has 0 spiro atoms. The average Bonchev–Trinajstić information content (AvgIpc) is 2.96. The fourth-order valence-corrected chi connectivity index (χ4v) is 2.19. The molecule has 0 aliphatic rings. The number of aromatic nitrogens is 2. The molecule has 1 aromatic heterocycles. The molecule has 0 aliphatic heterocycles. The van der Waals surface area contributed by atoms with E-state index in [9.17, 15) is 0 Å². The van der Waals surface area contributed by atoms with E-state index in [2.05, 4.69) is 41.2 Å². The minimum absolute atomic E-state index is 0.00488. The number of benzene rings is 1. The molecule has 0 bridgehead atoms. The predicted octanol–water partition coefficient (Wildman–Crippen LogP) is 3.07. The molecular formula is C16H23N3O. The second kappa shape index (κ2) is 7.22. The molecule has 2 rings (SSSR count). The van der Waals surface area contributed by atoms with Crippen LogP contribution in [0.15, 0.2) is 30.5 Å². The zero-order valence-electron chi connectivity index (χ0n) is 12.2. The highest BCUT2D eigenvalue weighted by Crippen LogP contribution is 2.20. The first kappa shape index (κ1) is 14.8. The molecule has 108 valence electrons. The summed E-state index contributed by atoms with van der Waals surface area (Å²) in [6, 6.07) is 8.46. The van der Waals surface area contributed by atoms with E-state index < -0.39 is 0 Å². The largest absolute Gasteiger partial charge is 0.384 e. The summed E-state index contributed by atoms with van der Waals surface area (Å²) in [4.78, 5) is 7.70. The van der Waals surface area contributed by atoms with Crippen molar-refractivity contribution in [1.29, 1.82) is 0 Å². The summed E-state index contributed by atoms with van der Waals surface area (Å²) in [5.74, 6) is 0.866. The van der Waals surface area contributed by atoms with Crippen LogP contribution in [0.5, 0.6) is 0 Å². The van der Waals surface area contributed by atoms with Crippen molar-refractivity contribution < 1.29 is 4.74 Å². The van der Waals surface area contributed by atoms with E-state index in [1.54, 1.807) is 7.11 Å². The lowest BCUT2D eigenvalue weighted by Gasteiger charge is -2.06. The number of ether oxygens (including phenoxy) is 1. The van der Waals surface area contributed by atoms with Crippen LogP contribution in [0.3, 0.4) is 0 Å². The number of rotatable bonds is 7. The highest BCUT2D eigenvalue weighted by molar-refractivity contribution is 5.58. The van der Waals surface area contributed by atoms with Crippen LogP contribution >= 0.6 is 0 Å². The molecule has 0 saturated heterocycles. The fourth-order valence-electron chi connectivity index (χ4n) is 2.19. The summed E-state index contributed by atoms with van der Waals surface area (Å²) >= 11 is 0. The van der Waals surface area contributed by atoms with Crippen LogP contribution < -0.4 is 5.73 Å². The molecule has 1 heterocycles. The van der Waals surface area contributed by atoms with Crippen LogP contribution in [-0.2, 0) is 11.2 Å². The molecule has 1 atom stereocenters. The summed E-state index contributed by atoms with van der Waals surface area (Å²) in [7, 11) is 1.72. The maximum atomic E-state index is 6.07. The molecule has 0 aliphatic carbocycles. The van der Waals surface area contributed by atoms with Crippen LogP contribution in [0.25, 0.3) is 11.3 Å². The van der Waals surface area contributed by atoms with E-state index in [1.807, 2.05) is 6.20 Å². The van der Waals surface area contributed by atoms with Crippen molar-refractivity contribution in [2.24, 2.45) is 5.73 Å². The van der Waals surface area contributed by atoms with Crippen molar-refractivity contribution in [1.82, 2.24) is 9.97 Å². The highest BCUT2D eigenvalue weighted by Gasteiger charge is 2.10. The maximum Gasteiger partial charge on any atom is 0.123 e. The molecule has 0 saturated carbocycles. The summed E-state index contributed by atoms with van der Waals surface area (Å²) in [6.45, 7) is 2.88. The molecule has 20 heavy (non-hydrogen) atoms. The fraction of sp³-hybridized carbons (Fsp3) is 0.438. The lowest BCUT2D eigenvalue weighted by Crippen LogP contribution is -2.11. The molecule has 0 fully saturated rings. The molecule has 0 radical (unpaired) electrons. The number of nitrogens with two attached hydrogens (primary N) is 1. The van der Waals surface area contributed by atoms with Gasteiger partial charge < -0.3 is 15.5 Å². The molecule has 0 amide bonds. The van der Waals surface area contributed by atoms with Gasteiger partial charge in [-0.2, -0.15) is 0 Å². The van der Waals surface area contributed by atoms with E-state index in [0.717, 1.165) is 43.0 Å². The van der Waals surface area contributed by atoms with Gasteiger partial charge in [-0.1, -0.05) is 37.6 Å². The number of nitrogens with zero attached hydrogens (tertiary/aromatic N) is 1. The first-order chi connectivity index (χ1) is 9.74. The van der Waals surface area contributed by atoms with Crippen LogP contribution in [0.2, 0.25) is 0 Å². The standard InChI is InChI=1S/C16H23N3O/c1-3-4-14(17)16-18-11-15(19-16)13-7-5-12(6-8-13)9-10-20-2/h5-8,11,14H,3-4,9-10,17H2,1-2H3,(H,18,19). The molecule has 3 N–H and O–H groups in total. The lowest BCUT2D eigenvalue weighted by molar-refractivity contribution is 0.202. The Morgan fingerprint density at radius 2 is 2.05 bits per heavy atom. The van der Waals surface area contributed by atoms with E-state index in [-0.39, 0.29) is 6.04 Å². The number of nitrogens with one attached hydrogen (secondary N) is 1. The van der Waals surface area contributed by atoms with Crippen molar-refractivity contribution in [3.05, 3.63) is 41.9 Å². The van der Waals surface area contributed by atoms with Gasteiger partial charge in [0, 0.05) is 7.11 Å². The van der Waals surface area contributed by atoms with Gasteiger partial charge in [0.2, 0.25) is 0 Å². The van der Waals surface area contributed by atoms with Crippen molar-refractivity contribution >= 4 is 0 Å². The van der Waals surface area contributed by atoms with Crippen LogP contribution in [0.1, 0.15) is 37.2 Å². The van der Waals surface area contributed by atoms with E-state index >= 15 is 0 Å². The van der Waals surface area contributed by atoms with Crippen LogP contribution in [-0.4, -0.2) is 23.7 Å². The number of aromatic amines is 1. The maximum absolute atomic E-state index is 6.07. The highest BCUT2D eigenvalue weighted by atomic mass is 16.5. The number of hydrogen-bond donors (Lipinski definition) is 2. The van der Waals surface area contributed by atoms with E-state index in [0.29, 0.717) is 0 Å². The van der Waals surface area contributed by atoms with Crippen LogP contribution in [0.4, 0.5) is 0 Å². The third-order valence-corrected chi connectivity index (χ3v) is 3.41. The van der Waals surface area contributed by atoms with Gasteiger partial charge in [-0.25, -0.2) is 4.98 Å². The topological polar surface area (TPSA) is 63.9 Å². The first-order valence-electron chi connectivity index (χ1n) is 7.13. The second-order valence-electron chi connectivity index (χ2n) is 5.02. The number of imidazole rings is 1. The second-order valence-corrected chi connectivity index (χ2v) is 5.02. The van der Waals surface area contributed by atoms with Gasteiger partial charge in [-0.3, -0.25) is 0 Å². The normalized spacial score (nSPS) is 12.6. The van der Waals surface area contributed by atoms with Crippen LogP contribution in [0, 0.1) is 0 Å². The lowest BCUT2D eigenvalue weighted by atomic mass is 10.1. The van der Waals surface area contributed by atoms with Gasteiger partial charge in [-0.05, 0) is 24.0 Å². The Balaban J connectivity index is 2.07. The van der Waals surface area contributed by atoms with Crippen molar-refractivity contribution in [2.45, 2.75) is 32.2 Å². The van der Waals surface area contributed by atoms with E-state index in [4.69, 9.17) is 10.5 Å². The Hall–Kier alpha value is -1.65. The monoisotopic (exact) mass is 273 g/mol. The van der Waals surface area contributed by atoms with Gasteiger partial charge in [-0.15, -0.1) is 0 Å². The number of methoxy groups -OCH3 is 1. The van der Waals surface area contributed by atoms with Crippen molar-refractivity contribution in [3.8, 4) is 11.3 Å². The Labute approximate surface area is 120 Å². The van der Waals surface area contributed by atoms with Gasteiger partial charge in [0.25, 0.3) is 0 Å². The quantitative estimate of drug-likeness (QED) is 0.815. The average molecular weight is 273 g/mol. The molecule has 4 heteroatoms. The zero-order valence-corrected chi connectivity index (χ0v) is 12.2. The third kappa shape index (κ3) is 3.68. The summed E-state index contributed by atoms with van der Waals surface area (Å²) in [5.41, 5.74) is 9.50. The van der Waals surface area contributed by atoms with E-state index in [1.165, 1.54) is 5.56 Å². The van der Waals surface area contributed by atoms with Crippen molar-refractivity contribution in [2.75, 3.05) is 13.7 Å². The minimum Gasteiger partial charge on any atom is -0.384 e. The van der Waals surface area contributed by atoms with Gasteiger partial charge in [0.1, 0.15) is 5.82 Å².